The van der Waals surface area contributed by atoms with Gasteiger partial charge in [-0.3, -0.25) is 14.3 Å². The van der Waals surface area contributed by atoms with Crippen molar-refractivity contribution in [2.24, 2.45) is 7.05 Å². The van der Waals surface area contributed by atoms with Gasteiger partial charge in [-0.15, -0.1) is 0 Å². The Kier molecular flexibility index (Phi) is 5.21. The zero-order valence-electron chi connectivity index (χ0n) is 15.5. The predicted molar refractivity (Wildman–Crippen MR) is 101 cm³/mol. The molecule has 3 aromatic rings. The molecule has 0 saturated carbocycles. The summed E-state index contributed by atoms with van der Waals surface area (Å²) in [4.78, 5) is 24.8. The lowest BCUT2D eigenvalue weighted by molar-refractivity contribution is 0.101. The number of hydrogen-bond donors (Lipinski definition) is 2. The number of carbonyl (C=O) groups is 2. The summed E-state index contributed by atoms with van der Waals surface area (Å²) in [7, 11) is 1.48. The lowest BCUT2D eigenvalue weighted by Gasteiger charge is -2.07. The molecule has 2 aromatic carbocycles. The van der Waals surface area contributed by atoms with Gasteiger partial charge < -0.3 is 10.6 Å². The zero-order valence-corrected chi connectivity index (χ0v) is 15.5. The largest absolute Gasteiger partial charge is 0.318 e. The highest BCUT2D eigenvalue weighted by molar-refractivity contribution is 6.07. The van der Waals surface area contributed by atoms with Gasteiger partial charge >= 0.3 is 0 Å². The Morgan fingerprint density at radius 1 is 0.857 bits per heavy atom. The van der Waals surface area contributed by atoms with E-state index in [1.54, 1.807) is 26.0 Å². The number of rotatable bonds is 4. The standard InChI is InChI=1S/C20H18F2N4O2/c1-11-4-6-13(21)15(8-11)23-19(27)17-10-18(26(3)25-17)20(28)24-16-9-12(2)5-7-14(16)22/h4-10H,1-3H3,(H,23,27)(H,24,28). The van der Waals surface area contributed by atoms with E-state index in [1.807, 2.05) is 0 Å². The second-order valence-corrected chi connectivity index (χ2v) is 6.41. The van der Waals surface area contributed by atoms with Crippen LogP contribution in [-0.2, 0) is 7.05 Å². The third kappa shape index (κ3) is 4.06. The van der Waals surface area contributed by atoms with E-state index in [9.17, 15) is 18.4 Å². The Bertz CT molecular complexity index is 1080. The molecule has 3 rings (SSSR count). The van der Waals surface area contributed by atoms with Crippen LogP contribution in [0.15, 0.2) is 42.5 Å². The number of hydrogen-bond acceptors (Lipinski definition) is 3. The van der Waals surface area contributed by atoms with Gasteiger partial charge in [0.25, 0.3) is 11.8 Å². The highest BCUT2D eigenvalue weighted by atomic mass is 19.1. The molecular weight excluding hydrogens is 366 g/mol. The van der Waals surface area contributed by atoms with Crippen LogP contribution in [-0.4, -0.2) is 21.6 Å². The second kappa shape index (κ2) is 7.59. The van der Waals surface area contributed by atoms with Gasteiger partial charge in [0.05, 0.1) is 11.4 Å². The monoisotopic (exact) mass is 384 g/mol. The topological polar surface area (TPSA) is 76.0 Å². The van der Waals surface area contributed by atoms with E-state index in [0.29, 0.717) is 0 Å². The highest BCUT2D eigenvalue weighted by Crippen LogP contribution is 2.19. The Hall–Kier alpha value is -3.55. The summed E-state index contributed by atoms with van der Waals surface area (Å²) in [6.07, 6.45) is 0. The molecular formula is C20H18F2N4O2. The minimum absolute atomic E-state index is 0.0171. The van der Waals surface area contributed by atoms with Crippen LogP contribution in [0.25, 0.3) is 0 Å². The first-order valence-corrected chi connectivity index (χ1v) is 8.43. The van der Waals surface area contributed by atoms with E-state index < -0.39 is 23.4 Å². The van der Waals surface area contributed by atoms with Gasteiger partial charge in [-0.2, -0.15) is 5.10 Å². The van der Waals surface area contributed by atoms with Gasteiger partial charge in [0, 0.05) is 13.1 Å². The van der Waals surface area contributed by atoms with Crippen molar-refractivity contribution >= 4 is 23.2 Å². The van der Waals surface area contributed by atoms with E-state index in [4.69, 9.17) is 0 Å². The molecule has 2 amide bonds. The number of benzene rings is 2. The van der Waals surface area contributed by atoms with Crippen molar-refractivity contribution in [2.45, 2.75) is 13.8 Å². The number of halogens is 2. The molecule has 1 aromatic heterocycles. The lowest BCUT2D eigenvalue weighted by atomic mass is 10.2. The van der Waals surface area contributed by atoms with Crippen LogP contribution in [0.1, 0.15) is 32.1 Å². The number of amides is 2. The Morgan fingerprint density at radius 2 is 1.36 bits per heavy atom. The molecule has 6 nitrogen and oxygen atoms in total. The minimum atomic E-state index is -0.666. The minimum Gasteiger partial charge on any atom is -0.318 e. The fraction of sp³-hybridized carbons (Fsp3) is 0.150. The molecule has 8 heteroatoms. The SMILES string of the molecule is Cc1ccc(F)c(NC(=O)c2cc(C(=O)Nc3cc(C)ccc3F)n(C)n2)c1. The summed E-state index contributed by atoms with van der Waals surface area (Å²) in [6.45, 7) is 3.54. The summed E-state index contributed by atoms with van der Waals surface area (Å²) in [5, 5.41) is 8.88. The Labute approximate surface area is 160 Å². The Balaban J connectivity index is 1.80. The number of carbonyl (C=O) groups excluding carboxylic acids is 2. The van der Waals surface area contributed by atoms with Crippen LogP contribution in [0.5, 0.6) is 0 Å². The van der Waals surface area contributed by atoms with Gasteiger partial charge in [-0.05, 0) is 49.2 Å². The van der Waals surface area contributed by atoms with Gasteiger partial charge in [0.2, 0.25) is 0 Å². The molecule has 0 aliphatic rings. The molecule has 0 radical (unpaired) electrons. The normalized spacial score (nSPS) is 10.6. The van der Waals surface area contributed by atoms with Gasteiger partial charge in [0.1, 0.15) is 17.3 Å². The predicted octanol–water partition coefficient (Wildman–Crippen LogP) is 3.82. The van der Waals surface area contributed by atoms with Crippen LogP contribution in [0.4, 0.5) is 20.2 Å². The van der Waals surface area contributed by atoms with Gasteiger partial charge in [0.15, 0.2) is 5.69 Å². The van der Waals surface area contributed by atoms with Crippen molar-refractivity contribution in [3.63, 3.8) is 0 Å². The van der Waals surface area contributed by atoms with Crippen LogP contribution in [0.3, 0.4) is 0 Å². The molecule has 2 N–H and O–H groups in total. The first-order chi connectivity index (χ1) is 13.2. The maximum atomic E-state index is 13.9. The molecule has 0 aliphatic carbocycles. The van der Waals surface area contributed by atoms with E-state index in [1.165, 1.54) is 42.1 Å². The van der Waals surface area contributed by atoms with Crippen molar-refractivity contribution in [3.05, 3.63) is 76.6 Å². The fourth-order valence-corrected chi connectivity index (χ4v) is 2.63. The molecule has 0 atom stereocenters. The molecule has 0 unspecified atom stereocenters. The van der Waals surface area contributed by atoms with Crippen LogP contribution >= 0.6 is 0 Å². The lowest BCUT2D eigenvalue weighted by Crippen LogP contribution is -2.16. The summed E-state index contributed by atoms with van der Waals surface area (Å²) < 4.78 is 28.9. The van der Waals surface area contributed by atoms with Crippen molar-refractivity contribution in [2.75, 3.05) is 10.6 Å². The molecule has 0 saturated heterocycles. The first-order valence-electron chi connectivity index (χ1n) is 8.43. The smallest absolute Gasteiger partial charge is 0.276 e. The highest BCUT2D eigenvalue weighted by Gasteiger charge is 2.19. The van der Waals surface area contributed by atoms with Crippen molar-refractivity contribution in [1.29, 1.82) is 0 Å². The van der Waals surface area contributed by atoms with Crippen LogP contribution < -0.4 is 10.6 Å². The summed E-state index contributed by atoms with van der Waals surface area (Å²) in [5.41, 5.74) is 1.58. The molecule has 0 fully saturated rings. The summed E-state index contributed by atoms with van der Waals surface area (Å²) in [5.74, 6) is -2.45. The van der Waals surface area contributed by atoms with E-state index in [2.05, 4.69) is 15.7 Å². The molecule has 144 valence electrons. The van der Waals surface area contributed by atoms with E-state index in [0.717, 1.165) is 11.1 Å². The van der Waals surface area contributed by atoms with Crippen LogP contribution in [0, 0.1) is 25.5 Å². The third-order valence-electron chi connectivity index (χ3n) is 4.09. The average molecular weight is 384 g/mol. The number of aromatic nitrogens is 2. The maximum Gasteiger partial charge on any atom is 0.276 e. The summed E-state index contributed by atoms with van der Waals surface area (Å²) >= 11 is 0. The Morgan fingerprint density at radius 3 is 1.89 bits per heavy atom. The third-order valence-corrected chi connectivity index (χ3v) is 4.09. The average Bonchev–Trinajstić information content (AvgIpc) is 3.03. The molecule has 0 spiro atoms. The maximum absolute atomic E-state index is 13.9. The second-order valence-electron chi connectivity index (χ2n) is 6.41. The molecule has 28 heavy (non-hydrogen) atoms. The number of aryl methyl sites for hydroxylation is 3. The van der Waals surface area contributed by atoms with E-state index >= 15 is 0 Å². The van der Waals surface area contributed by atoms with E-state index in [-0.39, 0.29) is 22.8 Å². The van der Waals surface area contributed by atoms with Gasteiger partial charge in [-0.25, -0.2) is 8.78 Å². The molecule has 0 bridgehead atoms. The van der Waals surface area contributed by atoms with Crippen LogP contribution in [0.2, 0.25) is 0 Å². The quantitative estimate of drug-likeness (QED) is 0.718. The number of nitrogens with one attached hydrogen (secondary N) is 2. The molecule has 0 aliphatic heterocycles. The summed E-state index contributed by atoms with van der Waals surface area (Å²) in [6, 6.07) is 9.91. The van der Waals surface area contributed by atoms with Crippen molar-refractivity contribution in [1.82, 2.24) is 9.78 Å². The molecule has 1 heterocycles. The van der Waals surface area contributed by atoms with Crippen molar-refractivity contribution < 1.29 is 18.4 Å². The first kappa shape index (κ1) is 19.2. The van der Waals surface area contributed by atoms with Gasteiger partial charge in [-0.1, -0.05) is 12.1 Å². The number of anilines is 2. The zero-order chi connectivity index (χ0) is 20.4. The van der Waals surface area contributed by atoms with Crippen molar-refractivity contribution in [3.8, 4) is 0 Å². The number of nitrogens with zero attached hydrogens (tertiary/aromatic N) is 2. The fourth-order valence-electron chi connectivity index (χ4n) is 2.63.